The molecule has 10 rings (SSSR count). The molecular formula is C64H54F8N6O8. The molecule has 444 valence electrons. The zero-order valence-corrected chi connectivity index (χ0v) is 46.6. The minimum atomic E-state index is -2.95. The number of fused-ring (bicyclic) bond motifs is 2. The van der Waals surface area contributed by atoms with E-state index in [4.69, 9.17) is 18.9 Å². The maximum absolute atomic E-state index is 15.4. The molecular weight excluding hydrogens is 1130 g/mol. The maximum atomic E-state index is 15.4. The second-order valence-electron chi connectivity index (χ2n) is 20.0. The van der Waals surface area contributed by atoms with Crippen molar-refractivity contribution in [3.8, 4) is 34.3 Å². The summed E-state index contributed by atoms with van der Waals surface area (Å²) in [4.78, 5) is 40.7. The highest BCUT2D eigenvalue weighted by Crippen LogP contribution is 2.33. The lowest BCUT2D eigenvalue weighted by Crippen LogP contribution is -2.10. The van der Waals surface area contributed by atoms with E-state index in [9.17, 15) is 37.4 Å². The minimum absolute atomic E-state index is 0.0415. The minimum Gasteiger partial charge on any atom is -0.478 e. The van der Waals surface area contributed by atoms with Crippen LogP contribution in [-0.4, -0.2) is 78.7 Å². The molecule has 4 aromatic heterocycles. The molecule has 22 heteroatoms. The lowest BCUT2D eigenvalue weighted by atomic mass is 10.0. The van der Waals surface area contributed by atoms with Crippen LogP contribution in [-0.2, 0) is 60.5 Å². The van der Waals surface area contributed by atoms with Crippen molar-refractivity contribution in [2.24, 2.45) is 0 Å². The number of aromatic carboxylic acids is 2. The second kappa shape index (κ2) is 26.2. The summed E-state index contributed by atoms with van der Waals surface area (Å²) >= 11 is 0. The Morgan fingerprint density at radius 2 is 0.872 bits per heavy atom. The van der Waals surface area contributed by atoms with Gasteiger partial charge in [-0.3, -0.25) is 0 Å². The molecule has 0 bridgehead atoms. The molecule has 0 aliphatic rings. The molecule has 0 unspecified atom stereocenters. The quantitative estimate of drug-likeness (QED) is 0.0616. The van der Waals surface area contributed by atoms with E-state index in [1.165, 1.54) is 99.1 Å². The largest absolute Gasteiger partial charge is 0.478 e. The molecule has 0 aliphatic heterocycles. The number of pyridine rings is 2. The number of aromatic nitrogens is 6. The van der Waals surface area contributed by atoms with Gasteiger partial charge >= 0.3 is 11.9 Å². The number of carboxylic acids is 2. The van der Waals surface area contributed by atoms with Crippen LogP contribution < -0.4 is 9.47 Å². The molecule has 0 fully saturated rings. The Labute approximate surface area is 486 Å². The van der Waals surface area contributed by atoms with Gasteiger partial charge in [0.25, 0.3) is 11.8 Å². The molecule has 4 heterocycles. The first-order valence-electron chi connectivity index (χ1n) is 26.6. The van der Waals surface area contributed by atoms with E-state index in [0.717, 1.165) is 38.1 Å². The van der Waals surface area contributed by atoms with Gasteiger partial charge in [-0.05, 0) is 95.1 Å². The smallest absolute Gasteiger partial charge is 0.335 e. The summed E-state index contributed by atoms with van der Waals surface area (Å²) in [7, 11) is 3.05. The number of methoxy groups -OCH3 is 2. The molecule has 0 atom stereocenters. The van der Waals surface area contributed by atoms with Gasteiger partial charge in [-0.2, -0.15) is 0 Å². The third-order valence-electron chi connectivity index (χ3n) is 13.8. The van der Waals surface area contributed by atoms with Crippen molar-refractivity contribution >= 4 is 34.0 Å². The molecule has 10 aromatic rings. The molecule has 2 N–H and O–H groups in total. The molecule has 0 aliphatic carbocycles. The average molecular weight is 1190 g/mol. The van der Waals surface area contributed by atoms with Crippen LogP contribution in [0, 0.1) is 23.3 Å². The Bertz CT molecular complexity index is 3830. The van der Waals surface area contributed by atoms with Gasteiger partial charge in [0.15, 0.2) is 0 Å². The summed E-state index contributed by atoms with van der Waals surface area (Å²) in [5, 5.41) is 18.8. The number of nitrogens with zero attached hydrogens (tertiary/aromatic N) is 6. The van der Waals surface area contributed by atoms with Crippen LogP contribution in [0.25, 0.3) is 44.6 Å². The second-order valence-corrected chi connectivity index (χ2v) is 20.0. The fraction of sp³-hybridized carbons (Fsp3) is 0.219. The lowest BCUT2D eigenvalue weighted by Gasteiger charge is -2.12. The van der Waals surface area contributed by atoms with Crippen LogP contribution >= 0.6 is 0 Å². The Kier molecular flexibility index (Phi) is 18.6. The van der Waals surface area contributed by atoms with Gasteiger partial charge in [0.1, 0.15) is 48.1 Å². The summed E-state index contributed by atoms with van der Waals surface area (Å²) in [6.07, 6.45) is -0.105. The number of imidazole rings is 2. The number of hydrogen-bond donors (Lipinski definition) is 2. The van der Waals surface area contributed by atoms with E-state index in [0.29, 0.717) is 71.1 Å². The summed E-state index contributed by atoms with van der Waals surface area (Å²) in [6, 6.07) is 34.0. The Morgan fingerprint density at radius 3 is 1.22 bits per heavy atom. The van der Waals surface area contributed by atoms with Crippen LogP contribution in [0.5, 0.6) is 11.8 Å². The topological polar surface area (TPSA) is 173 Å². The third kappa shape index (κ3) is 14.5. The number of carboxylic acid groups (broad SMARTS) is 2. The molecule has 0 saturated carbocycles. The van der Waals surface area contributed by atoms with Crippen molar-refractivity contribution in [3.05, 3.63) is 225 Å². The molecule has 14 nitrogen and oxygen atoms in total. The number of benzene rings is 6. The van der Waals surface area contributed by atoms with Gasteiger partial charge in [0, 0.05) is 88.4 Å². The van der Waals surface area contributed by atoms with Gasteiger partial charge < -0.3 is 38.3 Å². The number of carbonyl (C=O) groups is 2. The molecule has 0 saturated heterocycles. The van der Waals surface area contributed by atoms with Gasteiger partial charge in [0.2, 0.25) is 11.8 Å². The standard InChI is InChI=1S/2C32H27F4N3O4/c2*1-32(35,36)22-9-6-19(7-10-22)18-43-30-5-3-4-26(38-30)23-17-24(33)21(14-25(23)34)16-29-37-27-11-8-20(31(40)41)15-28(27)39(29)12-13-42-2/h2*3-11,14-15,17H,12-13,16,18H2,1-2H3,(H,40,41). The fourth-order valence-electron chi connectivity index (χ4n) is 9.32. The lowest BCUT2D eigenvalue weighted by molar-refractivity contribution is 0.0167. The summed E-state index contributed by atoms with van der Waals surface area (Å²) in [6.45, 7) is 2.99. The van der Waals surface area contributed by atoms with E-state index in [1.807, 2.05) is 0 Å². The molecule has 0 spiro atoms. The predicted molar refractivity (Wildman–Crippen MR) is 303 cm³/mol. The predicted octanol–water partition coefficient (Wildman–Crippen LogP) is 14.0. The van der Waals surface area contributed by atoms with E-state index in [-0.39, 0.29) is 93.7 Å². The summed E-state index contributed by atoms with van der Waals surface area (Å²) in [5.74, 6) is -9.69. The van der Waals surface area contributed by atoms with E-state index in [1.54, 1.807) is 45.5 Å². The van der Waals surface area contributed by atoms with Gasteiger partial charge in [-0.15, -0.1) is 0 Å². The number of hydrogen-bond acceptors (Lipinski definition) is 10. The normalized spacial score (nSPS) is 11.7. The summed E-state index contributed by atoms with van der Waals surface area (Å²) < 4.78 is 140. The molecule has 0 radical (unpaired) electrons. The number of ether oxygens (including phenoxy) is 4. The van der Waals surface area contributed by atoms with Crippen molar-refractivity contribution in [1.82, 2.24) is 29.1 Å². The van der Waals surface area contributed by atoms with Crippen LogP contribution in [0.4, 0.5) is 35.1 Å². The van der Waals surface area contributed by atoms with Crippen LogP contribution in [0.15, 0.2) is 146 Å². The van der Waals surface area contributed by atoms with E-state index >= 15 is 17.6 Å². The zero-order chi connectivity index (χ0) is 61.5. The van der Waals surface area contributed by atoms with Gasteiger partial charge in [-0.1, -0.05) is 60.7 Å². The van der Waals surface area contributed by atoms with E-state index in [2.05, 4.69) is 19.9 Å². The monoisotopic (exact) mass is 1190 g/mol. The van der Waals surface area contributed by atoms with Crippen molar-refractivity contribution in [3.63, 3.8) is 0 Å². The highest BCUT2D eigenvalue weighted by molar-refractivity contribution is 5.93. The van der Waals surface area contributed by atoms with Crippen LogP contribution in [0.3, 0.4) is 0 Å². The first-order valence-corrected chi connectivity index (χ1v) is 26.6. The van der Waals surface area contributed by atoms with Crippen molar-refractivity contribution in [1.29, 1.82) is 0 Å². The van der Waals surface area contributed by atoms with Gasteiger partial charge in [0.05, 0.1) is 57.8 Å². The van der Waals surface area contributed by atoms with Crippen molar-refractivity contribution in [2.75, 3.05) is 27.4 Å². The Hall–Kier alpha value is -9.54. The fourth-order valence-corrected chi connectivity index (χ4v) is 9.32. The summed E-state index contributed by atoms with van der Waals surface area (Å²) in [5.41, 5.74) is 3.62. The number of alkyl halides is 4. The average Bonchev–Trinajstić information content (AvgIpc) is 2.50. The van der Waals surface area contributed by atoms with Crippen LogP contribution in [0.2, 0.25) is 0 Å². The molecule has 0 amide bonds. The Morgan fingerprint density at radius 1 is 0.488 bits per heavy atom. The zero-order valence-electron chi connectivity index (χ0n) is 46.6. The van der Waals surface area contributed by atoms with E-state index < -0.39 is 47.1 Å². The Balaban J connectivity index is 0.000000205. The first-order chi connectivity index (χ1) is 41.1. The van der Waals surface area contributed by atoms with Crippen LogP contribution in [0.1, 0.15) is 79.6 Å². The SMILES string of the molecule is COCCn1c(Cc2cc(F)c(-c3cccc(OCc4ccc(C(C)(F)F)cc4)n3)cc2F)nc2ccc(C(=O)O)cc21.COCCn1c(Cc2cc(F)c(-c3cccc(OCc4ccc(C(C)(F)F)cc4)n3)cc2F)nc2ccc(C(=O)O)cc21. The highest BCUT2D eigenvalue weighted by atomic mass is 19.3. The molecule has 6 aromatic carbocycles. The van der Waals surface area contributed by atoms with Crippen molar-refractivity contribution in [2.45, 2.75) is 64.8 Å². The third-order valence-corrected chi connectivity index (χ3v) is 13.8. The van der Waals surface area contributed by atoms with Gasteiger partial charge in [-0.25, -0.2) is 64.6 Å². The molecule has 86 heavy (non-hydrogen) atoms. The maximum Gasteiger partial charge on any atom is 0.335 e. The number of rotatable bonds is 22. The first kappa shape index (κ1) is 61.0. The number of halogens is 8. The van der Waals surface area contributed by atoms with Crippen molar-refractivity contribution < 1.29 is 73.9 Å². The highest BCUT2D eigenvalue weighted by Gasteiger charge is 2.26.